The van der Waals surface area contributed by atoms with Crippen molar-refractivity contribution < 1.29 is 9.18 Å². The van der Waals surface area contributed by atoms with Gasteiger partial charge in [-0.2, -0.15) is 0 Å². The number of nitrogens with two attached hydrogens (primary N) is 1. The lowest BCUT2D eigenvalue weighted by Crippen LogP contribution is -2.27. The van der Waals surface area contributed by atoms with Crippen molar-refractivity contribution in [2.75, 3.05) is 12.3 Å². The maximum atomic E-state index is 12.8. The predicted octanol–water partition coefficient (Wildman–Crippen LogP) is 2.59. The largest absolute Gasteiger partial charge is 0.397 e. The van der Waals surface area contributed by atoms with Crippen molar-refractivity contribution in [3.05, 3.63) is 53.6 Å². The summed E-state index contributed by atoms with van der Waals surface area (Å²) in [5.74, 6) is -0.391. The van der Waals surface area contributed by atoms with Crippen molar-refractivity contribution in [1.82, 2.24) is 9.88 Å². The summed E-state index contributed by atoms with van der Waals surface area (Å²) in [6, 6.07) is 7.97. The van der Waals surface area contributed by atoms with E-state index >= 15 is 0 Å². The molecule has 2 rings (SSSR count). The van der Waals surface area contributed by atoms with E-state index in [4.69, 9.17) is 5.73 Å². The fraction of sp³-hybridized carbons (Fsp3) is 0.312. The molecule has 0 aliphatic carbocycles. The number of nitrogen functional groups attached to an aromatic ring is 1. The normalized spacial score (nSPS) is 10.6. The number of benzene rings is 1. The number of hydrogen-bond acceptors (Lipinski definition) is 2. The Kier molecular flexibility index (Phi) is 4.98. The Hall–Kier alpha value is -2.30. The van der Waals surface area contributed by atoms with Gasteiger partial charge in [0, 0.05) is 19.3 Å². The van der Waals surface area contributed by atoms with E-state index in [2.05, 4.69) is 5.32 Å². The number of rotatable bonds is 6. The lowest BCUT2D eigenvalue weighted by Gasteiger charge is -2.08. The van der Waals surface area contributed by atoms with Crippen molar-refractivity contribution in [3.8, 4) is 0 Å². The summed E-state index contributed by atoms with van der Waals surface area (Å²) in [5, 5.41) is 2.87. The van der Waals surface area contributed by atoms with Crippen molar-refractivity contribution in [2.24, 2.45) is 0 Å². The van der Waals surface area contributed by atoms with Gasteiger partial charge in [-0.3, -0.25) is 4.79 Å². The molecule has 4 nitrogen and oxygen atoms in total. The number of amides is 1. The third-order valence-electron chi connectivity index (χ3n) is 3.23. The van der Waals surface area contributed by atoms with Gasteiger partial charge >= 0.3 is 0 Å². The Bertz CT molecular complexity index is 604. The van der Waals surface area contributed by atoms with E-state index in [1.807, 2.05) is 11.5 Å². The van der Waals surface area contributed by atoms with Crippen LogP contribution in [-0.2, 0) is 13.0 Å². The highest BCUT2D eigenvalue weighted by Crippen LogP contribution is 2.11. The molecule has 1 aromatic heterocycles. The van der Waals surface area contributed by atoms with Gasteiger partial charge in [0.05, 0.1) is 5.69 Å². The van der Waals surface area contributed by atoms with Crippen molar-refractivity contribution >= 4 is 11.6 Å². The molecular formula is C16H20FN3O. The van der Waals surface area contributed by atoms with Crippen LogP contribution in [0.5, 0.6) is 0 Å². The second kappa shape index (κ2) is 6.92. The van der Waals surface area contributed by atoms with E-state index in [9.17, 15) is 9.18 Å². The third-order valence-corrected chi connectivity index (χ3v) is 3.23. The number of aromatic nitrogens is 1. The molecule has 1 aromatic carbocycles. The molecule has 0 radical (unpaired) electrons. The van der Waals surface area contributed by atoms with Crippen LogP contribution in [0.15, 0.2) is 36.5 Å². The predicted molar refractivity (Wildman–Crippen MR) is 81.6 cm³/mol. The minimum Gasteiger partial charge on any atom is -0.397 e. The summed E-state index contributed by atoms with van der Waals surface area (Å²) in [6.07, 6.45) is 3.37. The van der Waals surface area contributed by atoms with Crippen molar-refractivity contribution in [1.29, 1.82) is 0 Å². The van der Waals surface area contributed by atoms with E-state index in [0.29, 0.717) is 24.3 Å². The molecule has 0 saturated heterocycles. The fourth-order valence-corrected chi connectivity index (χ4v) is 2.21. The number of carbonyl (C=O) groups is 1. The van der Waals surface area contributed by atoms with Gasteiger partial charge in [-0.25, -0.2) is 4.39 Å². The average Bonchev–Trinajstić information content (AvgIpc) is 2.82. The van der Waals surface area contributed by atoms with Crippen LogP contribution in [0.1, 0.15) is 29.4 Å². The van der Waals surface area contributed by atoms with Gasteiger partial charge in [-0.15, -0.1) is 0 Å². The molecule has 1 amide bonds. The first-order chi connectivity index (χ1) is 10.1. The molecule has 5 heteroatoms. The Balaban J connectivity index is 1.91. The van der Waals surface area contributed by atoms with Gasteiger partial charge in [0.15, 0.2) is 0 Å². The van der Waals surface area contributed by atoms with Gasteiger partial charge in [0.25, 0.3) is 5.91 Å². The highest BCUT2D eigenvalue weighted by molar-refractivity contribution is 5.93. The Morgan fingerprint density at radius 2 is 2.05 bits per heavy atom. The Morgan fingerprint density at radius 3 is 2.71 bits per heavy atom. The van der Waals surface area contributed by atoms with Crippen molar-refractivity contribution in [2.45, 2.75) is 26.3 Å². The zero-order valence-electron chi connectivity index (χ0n) is 12.1. The number of nitrogens with zero attached hydrogens (tertiary/aromatic N) is 1. The molecule has 0 spiro atoms. The summed E-state index contributed by atoms with van der Waals surface area (Å²) in [6.45, 7) is 3.31. The van der Waals surface area contributed by atoms with Crippen LogP contribution in [-0.4, -0.2) is 17.0 Å². The van der Waals surface area contributed by atoms with Crippen LogP contribution in [0.4, 0.5) is 10.1 Å². The molecule has 0 fully saturated rings. The van der Waals surface area contributed by atoms with Crippen LogP contribution < -0.4 is 11.1 Å². The molecule has 0 bridgehead atoms. The number of nitrogens with one attached hydrogen (secondary N) is 1. The molecule has 0 unspecified atom stereocenters. The monoisotopic (exact) mass is 289 g/mol. The minimum absolute atomic E-state index is 0.137. The second-order valence-corrected chi connectivity index (χ2v) is 4.98. The van der Waals surface area contributed by atoms with Gasteiger partial charge in [-0.05, 0) is 36.6 Å². The van der Waals surface area contributed by atoms with E-state index in [0.717, 1.165) is 18.5 Å². The Morgan fingerprint density at radius 1 is 1.33 bits per heavy atom. The molecule has 3 N–H and O–H groups in total. The zero-order valence-corrected chi connectivity index (χ0v) is 12.1. The standard InChI is InChI=1S/C16H20FN3O/c1-2-9-20-11-14(18)10-15(20)16(21)19-8-7-12-3-5-13(17)6-4-12/h3-6,10-11H,2,7-9,18H2,1H3,(H,19,21). The van der Waals surface area contributed by atoms with E-state index in [1.165, 1.54) is 12.1 Å². The SMILES string of the molecule is CCCn1cc(N)cc1C(=O)NCCc1ccc(F)cc1. The van der Waals surface area contributed by atoms with Crippen LogP contribution in [0.2, 0.25) is 0 Å². The zero-order chi connectivity index (χ0) is 15.2. The quantitative estimate of drug-likeness (QED) is 0.858. The maximum Gasteiger partial charge on any atom is 0.267 e. The van der Waals surface area contributed by atoms with Gasteiger partial charge in [0.2, 0.25) is 0 Å². The lowest BCUT2D eigenvalue weighted by atomic mass is 10.1. The van der Waals surface area contributed by atoms with Gasteiger partial charge < -0.3 is 15.6 Å². The minimum atomic E-state index is -0.254. The third kappa shape index (κ3) is 4.08. The maximum absolute atomic E-state index is 12.8. The van der Waals surface area contributed by atoms with E-state index in [-0.39, 0.29) is 11.7 Å². The smallest absolute Gasteiger partial charge is 0.267 e. The van der Waals surface area contributed by atoms with Gasteiger partial charge in [-0.1, -0.05) is 19.1 Å². The second-order valence-electron chi connectivity index (χ2n) is 4.98. The molecule has 112 valence electrons. The van der Waals surface area contributed by atoms with Crippen LogP contribution in [0.3, 0.4) is 0 Å². The number of hydrogen-bond donors (Lipinski definition) is 2. The highest BCUT2D eigenvalue weighted by Gasteiger charge is 2.11. The van der Waals surface area contributed by atoms with E-state index in [1.54, 1.807) is 24.4 Å². The molecule has 0 aliphatic rings. The van der Waals surface area contributed by atoms with E-state index < -0.39 is 0 Å². The van der Waals surface area contributed by atoms with Crippen molar-refractivity contribution in [3.63, 3.8) is 0 Å². The number of carbonyl (C=O) groups excluding carboxylic acids is 1. The summed E-state index contributed by atoms with van der Waals surface area (Å²) >= 11 is 0. The fourth-order valence-electron chi connectivity index (χ4n) is 2.21. The molecule has 1 heterocycles. The molecule has 0 atom stereocenters. The molecule has 0 saturated carbocycles. The number of aryl methyl sites for hydroxylation is 1. The van der Waals surface area contributed by atoms with Crippen LogP contribution in [0, 0.1) is 5.82 Å². The molecule has 2 aromatic rings. The summed E-state index contributed by atoms with van der Waals surface area (Å²) in [7, 11) is 0. The van der Waals surface area contributed by atoms with Crippen LogP contribution >= 0.6 is 0 Å². The molecule has 21 heavy (non-hydrogen) atoms. The highest BCUT2D eigenvalue weighted by atomic mass is 19.1. The first kappa shape index (κ1) is 15.1. The first-order valence-corrected chi connectivity index (χ1v) is 7.08. The average molecular weight is 289 g/mol. The topological polar surface area (TPSA) is 60.0 Å². The summed E-state index contributed by atoms with van der Waals surface area (Å²) in [4.78, 5) is 12.2. The summed E-state index contributed by atoms with van der Waals surface area (Å²) in [5.41, 5.74) is 7.90. The molecular weight excluding hydrogens is 269 g/mol. The lowest BCUT2D eigenvalue weighted by molar-refractivity contribution is 0.0944. The Labute approximate surface area is 123 Å². The van der Waals surface area contributed by atoms with Gasteiger partial charge in [0.1, 0.15) is 11.5 Å². The molecule has 0 aliphatic heterocycles. The number of anilines is 1. The summed E-state index contributed by atoms with van der Waals surface area (Å²) < 4.78 is 14.7. The number of halogens is 1. The van der Waals surface area contributed by atoms with Crippen LogP contribution in [0.25, 0.3) is 0 Å². The first-order valence-electron chi connectivity index (χ1n) is 7.08.